The summed E-state index contributed by atoms with van der Waals surface area (Å²) in [5, 5.41) is 10.6. The highest BCUT2D eigenvalue weighted by Crippen LogP contribution is 2.22. The predicted octanol–water partition coefficient (Wildman–Crippen LogP) is 2.75. The van der Waals surface area contributed by atoms with E-state index in [4.69, 9.17) is 0 Å². The Morgan fingerprint density at radius 1 is 0.731 bits per heavy atom. The van der Waals surface area contributed by atoms with Crippen molar-refractivity contribution in [1.29, 1.82) is 0 Å². The molecule has 26 heavy (non-hydrogen) atoms. The maximum absolute atomic E-state index is 10.6. The van der Waals surface area contributed by atoms with Crippen LogP contribution in [0.3, 0.4) is 0 Å². The first-order valence-electron chi connectivity index (χ1n) is 9.80. The van der Waals surface area contributed by atoms with Gasteiger partial charge in [-0.25, -0.2) is 0 Å². The van der Waals surface area contributed by atoms with Gasteiger partial charge in [0.05, 0.1) is 11.4 Å². The molecule has 1 N–H and O–H groups in total. The van der Waals surface area contributed by atoms with Gasteiger partial charge in [-0.2, -0.15) is 0 Å². The van der Waals surface area contributed by atoms with Crippen LogP contribution in [0.5, 0.6) is 0 Å². The molecule has 2 aliphatic rings. The second-order valence-electron chi connectivity index (χ2n) is 7.53. The van der Waals surface area contributed by atoms with Gasteiger partial charge < -0.3 is 5.11 Å². The van der Waals surface area contributed by atoms with E-state index in [9.17, 15) is 5.11 Å². The summed E-state index contributed by atoms with van der Waals surface area (Å²) >= 11 is 0. The van der Waals surface area contributed by atoms with Gasteiger partial charge in [-0.15, -0.1) is 0 Å². The lowest BCUT2D eigenvalue weighted by atomic mass is 10.0. The van der Waals surface area contributed by atoms with Gasteiger partial charge in [0.15, 0.2) is 0 Å². The van der Waals surface area contributed by atoms with Gasteiger partial charge in [-0.3, -0.25) is 19.8 Å². The predicted molar refractivity (Wildman–Crippen MR) is 102 cm³/mol. The van der Waals surface area contributed by atoms with Gasteiger partial charge in [-0.1, -0.05) is 12.1 Å². The zero-order valence-corrected chi connectivity index (χ0v) is 15.3. The molecular weight excluding hydrogens is 324 g/mol. The Labute approximate surface area is 155 Å². The quantitative estimate of drug-likeness (QED) is 0.866. The maximum atomic E-state index is 10.6. The first kappa shape index (κ1) is 17.6. The van der Waals surface area contributed by atoms with Crippen LogP contribution in [0.4, 0.5) is 0 Å². The van der Waals surface area contributed by atoms with Crippen molar-refractivity contribution in [3.8, 4) is 0 Å². The smallest absolute Gasteiger partial charge is 0.107 e. The molecule has 0 radical (unpaired) electrons. The lowest BCUT2D eigenvalue weighted by molar-refractivity contribution is 0.219. The second-order valence-corrected chi connectivity index (χ2v) is 7.53. The molecule has 0 aliphatic carbocycles. The van der Waals surface area contributed by atoms with Crippen molar-refractivity contribution < 1.29 is 5.11 Å². The Hall–Kier alpha value is -1.82. The number of likely N-dealkylation sites (tertiary alicyclic amines) is 2. The Kier molecular flexibility index (Phi) is 5.58. The topological polar surface area (TPSA) is 52.5 Å². The molecule has 138 valence electrons. The van der Waals surface area contributed by atoms with E-state index in [-0.39, 0.29) is 0 Å². The fourth-order valence-corrected chi connectivity index (χ4v) is 3.91. The van der Waals surface area contributed by atoms with Crippen molar-refractivity contribution in [2.75, 3.05) is 26.2 Å². The number of hydrogen-bond acceptors (Lipinski definition) is 5. The van der Waals surface area contributed by atoms with Gasteiger partial charge in [0.2, 0.25) is 0 Å². The Morgan fingerprint density at radius 2 is 1.15 bits per heavy atom. The van der Waals surface area contributed by atoms with Crippen LogP contribution in [0.15, 0.2) is 36.7 Å². The van der Waals surface area contributed by atoms with Crippen molar-refractivity contribution in [3.05, 3.63) is 59.2 Å². The van der Waals surface area contributed by atoms with Crippen molar-refractivity contribution in [1.82, 2.24) is 19.8 Å². The average molecular weight is 352 g/mol. The number of hydrogen-bond donors (Lipinski definition) is 1. The fourth-order valence-electron chi connectivity index (χ4n) is 3.91. The minimum atomic E-state index is -0.670. The minimum absolute atomic E-state index is 0.670. The van der Waals surface area contributed by atoms with Gasteiger partial charge in [0, 0.05) is 36.6 Å². The number of rotatable bonds is 6. The van der Waals surface area contributed by atoms with E-state index in [1.165, 1.54) is 51.9 Å². The van der Waals surface area contributed by atoms with E-state index in [2.05, 4.69) is 19.8 Å². The number of aliphatic hydroxyl groups is 1. The van der Waals surface area contributed by atoms with Crippen LogP contribution in [0, 0.1) is 0 Å². The van der Waals surface area contributed by atoms with E-state index >= 15 is 0 Å². The lowest BCUT2D eigenvalue weighted by Gasteiger charge is -2.16. The van der Waals surface area contributed by atoms with Crippen molar-refractivity contribution in [2.24, 2.45) is 0 Å². The van der Waals surface area contributed by atoms with Crippen LogP contribution in [-0.4, -0.2) is 51.1 Å². The second kappa shape index (κ2) is 8.25. The van der Waals surface area contributed by atoms with Gasteiger partial charge in [0.25, 0.3) is 0 Å². The molecule has 4 rings (SSSR count). The zero-order valence-electron chi connectivity index (χ0n) is 15.3. The summed E-state index contributed by atoms with van der Waals surface area (Å²) in [6, 6.07) is 8.04. The summed E-state index contributed by atoms with van der Waals surface area (Å²) in [4.78, 5) is 14.0. The Bertz CT molecular complexity index is 627. The molecule has 0 aromatic carbocycles. The third-order valence-corrected chi connectivity index (χ3v) is 5.50. The van der Waals surface area contributed by atoms with Gasteiger partial charge >= 0.3 is 0 Å². The highest BCUT2D eigenvalue weighted by Gasteiger charge is 2.16. The van der Waals surface area contributed by atoms with Crippen molar-refractivity contribution in [2.45, 2.75) is 44.9 Å². The van der Waals surface area contributed by atoms with Crippen LogP contribution in [0.1, 0.15) is 54.3 Å². The summed E-state index contributed by atoms with van der Waals surface area (Å²) < 4.78 is 0. The molecular formula is C21H28N4O. The Morgan fingerprint density at radius 3 is 1.50 bits per heavy atom. The molecule has 4 heterocycles. The third-order valence-electron chi connectivity index (χ3n) is 5.50. The Balaban J connectivity index is 1.37. The van der Waals surface area contributed by atoms with E-state index in [0.29, 0.717) is 0 Å². The molecule has 0 bridgehead atoms. The number of pyridine rings is 2. The zero-order chi connectivity index (χ0) is 17.8. The first-order valence-corrected chi connectivity index (χ1v) is 9.80. The molecule has 0 saturated carbocycles. The summed E-state index contributed by atoms with van der Waals surface area (Å²) in [7, 11) is 0. The van der Waals surface area contributed by atoms with Crippen LogP contribution in [0.25, 0.3) is 0 Å². The highest BCUT2D eigenvalue weighted by atomic mass is 16.3. The maximum Gasteiger partial charge on any atom is 0.107 e. The van der Waals surface area contributed by atoms with E-state index in [0.717, 1.165) is 35.6 Å². The lowest BCUT2D eigenvalue weighted by Crippen LogP contribution is -2.19. The molecule has 2 aromatic rings. The van der Waals surface area contributed by atoms with Crippen LogP contribution in [-0.2, 0) is 13.1 Å². The number of aromatic nitrogens is 2. The number of aliphatic hydroxyl groups excluding tert-OH is 1. The van der Waals surface area contributed by atoms with E-state index in [1.54, 1.807) is 12.4 Å². The fraction of sp³-hybridized carbons (Fsp3) is 0.524. The summed E-state index contributed by atoms with van der Waals surface area (Å²) in [6.07, 6.45) is 8.09. The molecule has 2 saturated heterocycles. The highest BCUT2D eigenvalue weighted by molar-refractivity contribution is 5.28. The van der Waals surface area contributed by atoms with Gasteiger partial charge in [0.1, 0.15) is 6.10 Å². The number of nitrogens with zero attached hydrogens (tertiary/aromatic N) is 4. The average Bonchev–Trinajstić information content (AvgIpc) is 3.37. The largest absolute Gasteiger partial charge is 0.384 e. The standard InChI is InChI=1S/C21H28N4O/c26-21(17-5-7-19(22-13-17)15-24-9-1-2-10-24)18-6-8-20(23-14-18)16-25-11-3-4-12-25/h5-8,13-14,21,26H,1-4,9-12,15-16H2. The van der Waals surface area contributed by atoms with E-state index in [1.807, 2.05) is 24.3 Å². The minimum Gasteiger partial charge on any atom is -0.384 e. The van der Waals surface area contributed by atoms with E-state index < -0.39 is 6.10 Å². The molecule has 5 nitrogen and oxygen atoms in total. The van der Waals surface area contributed by atoms with Crippen LogP contribution in [0.2, 0.25) is 0 Å². The first-order chi connectivity index (χ1) is 12.8. The monoisotopic (exact) mass is 352 g/mol. The van der Waals surface area contributed by atoms with Crippen molar-refractivity contribution >= 4 is 0 Å². The van der Waals surface area contributed by atoms with Crippen molar-refractivity contribution in [3.63, 3.8) is 0 Å². The molecule has 0 spiro atoms. The molecule has 0 amide bonds. The summed E-state index contributed by atoms with van der Waals surface area (Å²) in [5.41, 5.74) is 3.79. The normalized spacial score (nSPS) is 18.8. The molecule has 2 aromatic heterocycles. The third kappa shape index (κ3) is 4.29. The molecule has 0 atom stereocenters. The van der Waals surface area contributed by atoms with Crippen LogP contribution >= 0.6 is 0 Å². The van der Waals surface area contributed by atoms with Gasteiger partial charge in [-0.05, 0) is 64.0 Å². The molecule has 2 aliphatic heterocycles. The molecule has 5 heteroatoms. The SMILES string of the molecule is OC(c1ccc(CN2CCCC2)nc1)c1ccc(CN2CCCC2)nc1. The molecule has 0 unspecified atom stereocenters. The van der Waals surface area contributed by atoms with Crippen LogP contribution < -0.4 is 0 Å². The summed E-state index contributed by atoms with van der Waals surface area (Å²) in [6.45, 7) is 6.48. The molecule has 2 fully saturated rings. The summed E-state index contributed by atoms with van der Waals surface area (Å²) in [5.74, 6) is 0.